The van der Waals surface area contributed by atoms with Crippen LogP contribution in [0.4, 0.5) is 0 Å². The van der Waals surface area contributed by atoms with Crippen molar-refractivity contribution in [2.24, 2.45) is 5.92 Å². The summed E-state index contributed by atoms with van der Waals surface area (Å²) in [6.45, 7) is 0. The minimum atomic E-state index is -0.598. The number of hydrogen-bond donors (Lipinski definition) is 1. The van der Waals surface area contributed by atoms with Gasteiger partial charge in [-0.3, -0.25) is 0 Å². The summed E-state index contributed by atoms with van der Waals surface area (Å²) in [5.74, 6) is 1.58. The zero-order valence-electron chi connectivity index (χ0n) is 12.6. The van der Waals surface area contributed by atoms with Crippen LogP contribution in [0.25, 0.3) is 0 Å². The Morgan fingerprint density at radius 2 is 1.70 bits per heavy atom. The molecule has 0 amide bonds. The second-order valence-corrected chi connectivity index (χ2v) is 8.44. The maximum atomic E-state index is 11.4. The third kappa shape index (κ3) is 4.63. The van der Waals surface area contributed by atoms with Crippen molar-refractivity contribution in [1.29, 1.82) is 0 Å². The fraction of sp³-hybridized carbons (Fsp3) is 0.647. The lowest BCUT2D eigenvalue weighted by Crippen LogP contribution is -3.00. The fourth-order valence-electron chi connectivity index (χ4n) is 3.25. The van der Waals surface area contributed by atoms with E-state index in [1.165, 1.54) is 32.1 Å². The van der Waals surface area contributed by atoms with Gasteiger partial charge in [-0.1, -0.05) is 49.6 Å². The molecule has 1 saturated carbocycles. The van der Waals surface area contributed by atoms with Crippen molar-refractivity contribution in [3.8, 4) is 0 Å². The molecule has 3 heteroatoms. The molecule has 0 aliphatic heterocycles. The van der Waals surface area contributed by atoms with Gasteiger partial charge in [0.25, 0.3) is 0 Å². The van der Waals surface area contributed by atoms with Crippen molar-refractivity contribution in [2.45, 2.75) is 44.1 Å². The molecule has 0 bridgehead atoms. The quantitative estimate of drug-likeness (QED) is 0.565. The first-order valence-electron chi connectivity index (χ1n) is 7.45. The number of aliphatic hydroxyl groups is 1. The molecule has 0 saturated heterocycles. The van der Waals surface area contributed by atoms with E-state index in [0.29, 0.717) is 16.8 Å². The van der Waals surface area contributed by atoms with E-state index in [2.05, 4.69) is 36.8 Å². The van der Waals surface area contributed by atoms with Crippen LogP contribution in [-0.4, -0.2) is 23.4 Å². The predicted octanol–water partition coefficient (Wildman–Crippen LogP) is 0.726. The van der Waals surface area contributed by atoms with E-state index < -0.39 is 5.60 Å². The van der Waals surface area contributed by atoms with Gasteiger partial charge in [-0.2, -0.15) is 0 Å². The van der Waals surface area contributed by atoms with Gasteiger partial charge < -0.3 is 29.1 Å². The van der Waals surface area contributed by atoms with Crippen LogP contribution < -0.4 is 24.0 Å². The summed E-state index contributed by atoms with van der Waals surface area (Å²) >= 11 is 0. The molecule has 1 aliphatic carbocycles. The summed E-state index contributed by atoms with van der Waals surface area (Å²) in [5, 5.41) is 11.4. The zero-order chi connectivity index (χ0) is 13.7. The molecule has 0 radical (unpaired) electrons. The second kappa shape index (κ2) is 8.64. The van der Waals surface area contributed by atoms with E-state index in [0.717, 1.165) is 17.7 Å². The first-order valence-corrected chi connectivity index (χ1v) is 9.66. The first-order chi connectivity index (χ1) is 9.13. The molecule has 0 spiro atoms. The molecular formula is C17H27IOS. The molecule has 1 fully saturated rings. The van der Waals surface area contributed by atoms with Crippen LogP contribution >= 0.6 is 0 Å². The van der Waals surface area contributed by atoms with Gasteiger partial charge in [0.2, 0.25) is 0 Å². The Morgan fingerprint density at radius 1 is 1.10 bits per heavy atom. The van der Waals surface area contributed by atoms with Crippen LogP contribution in [0.3, 0.4) is 0 Å². The number of rotatable bonds is 5. The normalized spacial score (nSPS) is 19.4. The average molecular weight is 406 g/mol. The molecule has 1 aliphatic rings. The smallest absolute Gasteiger partial charge is 0.110 e. The highest BCUT2D eigenvalue weighted by molar-refractivity contribution is 7.95. The molecule has 1 atom stereocenters. The molecule has 1 unspecified atom stereocenters. The van der Waals surface area contributed by atoms with Crippen LogP contribution in [0.15, 0.2) is 30.3 Å². The Balaban J connectivity index is 0.00000200. The lowest BCUT2D eigenvalue weighted by Gasteiger charge is -2.38. The maximum absolute atomic E-state index is 11.4. The average Bonchev–Trinajstić information content (AvgIpc) is 2.46. The summed E-state index contributed by atoms with van der Waals surface area (Å²) in [4.78, 5) is 0. The molecule has 0 heterocycles. The third-order valence-corrected chi connectivity index (χ3v) is 5.47. The predicted molar refractivity (Wildman–Crippen MR) is 85.6 cm³/mol. The summed E-state index contributed by atoms with van der Waals surface area (Å²) < 4.78 is 0. The van der Waals surface area contributed by atoms with Gasteiger partial charge in [-0.25, -0.2) is 0 Å². The van der Waals surface area contributed by atoms with E-state index >= 15 is 0 Å². The van der Waals surface area contributed by atoms with Crippen LogP contribution in [0.5, 0.6) is 0 Å². The van der Waals surface area contributed by atoms with Crippen LogP contribution in [-0.2, 0) is 16.5 Å². The Bertz CT molecular complexity index is 376. The highest BCUT2D eigenvalue weighted by atomic mass is 127. The van der Waals surface area contributed by atoms with Crippen molar-refractivity contribution in [3.05, 3.63) is 35.9 Å². The summed E-state index contributed by atoms with van der Waals surface area (Å²) in [7, 11) is 0.400. The summed E-state index contributed by atoms with van der Waals surface area (Å²) in [5.41, 5.74) is 0.534. The van der Waals surface area contributed by atoms with E-state index in [4.69, 9.17) is 0 Å². The van der Waals surface area contributed by atoms with E-state index in [9.17, 15) is 5.11 Å². The summed E-state index contributed by atoms with van der Waals surface area (Å²) in [6, 6.07) is 10.4. The van der Waals surface area contributed by atoms with Gasteiger partial charge in [-0.15, -0.1) is 0 Å². The van der Waals surface area contributed by atoms with Crippen molar-refractivity contribution in [2.75, 3.05) is 18.3 Å². The molecule has 1 aromatic carbocycles. The van der Waals surface area contributed by atoms with Crippen LogP contribution in [0.1, 0.15) is 44.1 Å². The molecule has 20 heavy (non-hydrogen) atoms. The highest BCUT2D eigenvalue weighted by Crippen LogP contribution is 2.41. The molecule has 2 rings (SSSR count). The van der Waals surface area contributed by atoms with Gasteiger partial charge in [0.05, 0.1) is 18.1 Å². The lowest BCUT2D eigenvalue weighted by molar-refractivity contribution is -0.0412. The van der Waals surface area contributed by atoms with Gasteiger partial charge in [0.1, 0.15) is 5.75 Å². The molecule has 1 aromatic rings. The monoisotopic (exact) mass is 406 g/mol. The number of halogens is 1. The highest BCUT2D eigenvalue weighted by Gasteiger charge is 2.39. The first kappa shape index (κ1) is 18.3. The molecule has 114 valence electrons. The van der Waals surface area contributed by atoms with Crippen molar-refractivity contribution in [1.82, 2.24) is 0 Å². The second-order valence-electron chi connectivity index (χ2n) is 6.06. The topological polar surface area (TPSA) is 20.2 Å². The van der Waals surface area contributed by atoms with Gasteiger partial charge >= 0.3 is 0 Å². The molecule has 1 nitrogen and oxygen atoms in total. The SMILES string of the molecule is C[S+](C)CCC(O)(c1ccccc1)C1CCCCC1.[I-]. The Morgan fingerprint density at radius 3 is 2.25 bits per heavy atom. The maximum Gasteiger partial charge on any atom is 0.110 e. The Hall–Kier alpha value is 0.260. The Kier molecular flexibility index (Phi) is 7.91. The lowest BCUT2D eigenvalue weighted by atomic mass is 9.72. The third-order valence-electron chi connectivity index (χ3n) is 4.45. The van der Waals surface area contributed by atoms with Crippen molar-refractivity contribution < 1.29 is 29.1 Å². The standard InChI is InChI=1S/C17H27OS.HI/c1-19(2)14-13-17(18,15-9-5-3-6-10-15)16-11-7-4-8-12-16;/h3,5-6,9-10,16,18H,4,7-8,11-14H2,1-2H3;1H/q+1;/p-1. The molecule has 0 aromatic heterocycles. The van der Waals surface area contributed by atoms with Crippen LogP contribution in [0.2, 0.25) is 0 Å². The van der Waals surface area contributed by atoms with Gasteiger partial charge in [0.15, 0.2) is 0 Å². The van der Waals surface area contributed by atoms with E-state index in [1.807, 2.05) is 6.07 Å². The minimum Gasteiger partial charge on any atom is -1.00 e. The molecule has 1 N–H and O–H groups in total. The number of benzene rings is 1. The number of hydrogen-bond acceptors (Lipinski definition) is 1. The van der Waals surface area contributed by atoms with E-state index in [-0.39, 0.29) is 24.0 Å². The molecular weight excluding hydrogens is 379 g/mol. The van der Waals surface area contributed by atoms with Gasteiger partial charge in [0, 0.05) is 6.42 Å². The summed E-state index contributed by atoms with van der Waals surface area (Å²) in [6.07, 6.45) is 11.7. The minimum absolute atomic E-state index is 0. The largest absolute Gasteiger partial charge is 1.00 e. The fourth-order valence-corrected chi connectivity index (χ4v) is 3.97. The van der Waals surface area contributed by atoms with Crippen molar-refractivity contribution in [3.63, 3.8) is 0 Å². The zero-order valence-corrected chi connectivity index (χ0v) is 15.6. The van der Waals surface area contributed by atoms with Gasteiger partial charge in [-0.05, 0) is 35.2 Å². The van der Waals surface area contributed by atoms with E-state index in [1.54, 1.807) is 0 Å². The van der Waals surface area contributed by atoms with Crippen LogP contribution in [0, 0.1) is 5.92 Å². The van der Waals surface area contributed by atoms with Crippen molar-refractivity contribution >= 4 is 10.9 Å². The Labute approximate surface area is 143 Å².